The van der Waals surface area contributed by atoms with Gasteiger partial charge in [0.05, 0.1) is 5.39 Å². The third kappa shape index (κ3) is 3.26. The van der Waals surface area contributed by atoms with E-state index in [9.17, 15) is 0 Å². The number of hydrogen-bond acceptors (Lipinski definition) is 3. The Morgan fingerprint density at radius 3 is 1.83 bits per heavy atom. The molecule has 1 aliphatic carbocycles. The van der Waals surface area contributed by atoms with Gasteiger partial charge in [0, 0.05) is 26.9 Å². The summed E-state index contributed by atoms with van der Waals surface area (Å²) in [4.78, 5) is 0. The summed E-state index contributed by atoms with van der Waals surface area (Å²) in [5, 5.41) is 6.76. The fourth-order valence-corrected chi connectivity index (χ4v) is 7.78. The van der Waals surface area contributed by atoms with Crippen LogP contribution in [0.2, 0.25) is 0 Å². The van der Waals surface area contributed by atoms with Crippen molar-refractivity contribution in [1.29, 1.82) is 0 Å². The molecule has 0 aliphatic heterocycles. The molecule has 10 aromatic rings. The summed E-state index contributed by atoms with van der Waals surface area (Å²) in [6.07, 6.45) is 0.922. The number of para-hydroxylation sites is 2. The fourth-order valence-electron chi connectivity index (χ4n) is 7.78. The van der Waals surface area contributed by atoms with Gasteiger partial charge in [0.25, 0.3) is 0 Å². The van der Waals surface area contributed by atoms with Crippen molar-refractivity contribution in [3.05, 3.63) is 145 Å². The molecule has 0 N–H and O–H groups in total. The minimum atomic E-state index is 0.847. The Morgan fingerprint density at radius 1 is 0.370 bits per heavy atom. The van der Waals surface area contributed by atoms with Gasteiger partial charge in [0.2, 0.25) is 0 Å². The molecule has 0 unspecified atom stereocenters. The van der Waals surface area contributed by atoms with Crippen molar-refractivity contribution in [2.24, 2.45) is 0 Å². The molecule has 11 rings (SSSR count). The lowest BCUT2D eigenvalue weighted by Gasteiger charge is -2.09. The Balaban J connectivity index is 1.02. The first-order valence-corrected chi connectivity index (χ1v) is 15.7. The maximum absolute atomic E-state index is 6.47. The van der Waals surface area contributed by atoms with E-state index in [0.29, 0.717) is 0 Å². The minimum absolute atomic E-state index is 0.847. The molecule has 0 fully saturated rings. The van der Waals surface area contributed by atoms with E-state index < -0.39 is 0 Å². The summed E-state index contributed by atoms with van der Waals surface area (Å²) in [7, 11) is 0. The molecule has 214 valence electrons. The zero-order valence-electron chi connectivity index (χ0n) is 24.6. The largest absolute Gasteiger partial charge is 0.456 e. The summed E-state index contributed by atoms with van der Waals surface area (Å²) in [5.41, 5.74) is 15.5. The average molecular weight is 589 g/mol. The van der Waals surface area contributed by atoms with Gasteiger partial charge in [-0.15, -0.1) is 0 Å². The number of fused-ring (bicyclic) bond motifs is 14. The molecular weight excluding hydrogens is 564 g/mol. The second-order valence-corrected chi connectivity index (χ2v) is 12.4. The van der Waals surface area contributed by atoms with Crippen LogP contribution in [0.4, 0.5) is 0 Å². The Bertz CT molecular complexity index is 2890. The van der Waals surface area contributed by atoms with Crippen LogP contribution in [0.15, 0.2) is 147 Å². The zero-order valence-corrected chi connectivity index (χ0v) is 24.6. The predicted molar refractivity (Wildman–Crippen MR) is 187 cm³/mol. The highest BCUT2D eigenvalue weighted by Gasteiger charge is 2.24. The van der Waals surface area contributed by atoms with Crippen molar-refractivity contribution in [3.63, 3.8) is 0 Å². The van der Waals surface area contributed by atoms with E-state index in [0.717, 1.165) is 67.0 Å². The van der Waals surface area contributed by atoms with Crippen LogP contribution in [0.1, 0.15) is 11.1 Å². The first kappa shape index (κ1) is 24.3. The first-order chi connectivity index (χ1) is 22.8. The Morgan fingerprint density at radius 2 is 1.00 bits per heavy atom. The molecule has 7 aromatic carbocycles. The van der Waals surface area contributed by atoms with Gasteiger partial charge < -0.3 is 13.3 Å². The van der Waals surface area contributed by atoms with Gasteiger partial charge in [-0.05, 0) is 106 Å². The van der Waals surface area contributed by atoms with Crippen molar-refractivity contribution in [1.82, 2.24) is 0 Å². The lowest BCUT2D eigenvalue weighted by Crippen LogP contribution is -1.85. The molecule has 0 saturated carbocycles. The molecule has 3 heteroatoms. The van der Waals surface area contributed by atoms with Crippen molar-refractivity contribution in [2.75, 3.05) is 0 Å². The molecule has 0 atom stereocenters. The fraction of sp³-hybridized carbons (Fsp3) is 0.0233. The number of hydrogen-bond donors (Lipinski definition) is 0. The van der Waals surface area contributed by atoms with Crippen LogP contribution in [0.25, 0.3) is 99.2 Å². The molecule has 0 amide bonds. The molecule has 0 spiro atoms. The lowest BCUT2D eigenvalue weighted by atomic mass is 9.95. The Kier molecular flexibility index (Phi) is 4.63. The Labute approximate surface area is 262 Å². The van der Waals surface area contributed by atoms with E-state index in [1.165, 1.54) is 49.7 Å². The first-order valence-electron chi connectivity index (χ1n) is 15.7. The maximum atomic E-state index is 6.47. The van der Waals surface area contributed by atoms with Crippen LogP contribution in [0.5, 0.6) is 0 Å². The van der Waals surface area contributed by atoms with E-state index in [1.807, 2.05) is 24.3 Å². The number of benzene rings is 7. The minimum Gasteiger partial charge on any atom is -0.456 e. The maximum Gasteiger partial charge on any atom is 0.147 e. The van der Waals surface area contributed by atoms with Gasteiger partial charge in [0.1, 0.15) is 33.5 Å². The van der Waals surface area contributed by atoms with Crippen molar-refractivity contribution in [3.8, 4) is 33.4 Å². The van der Waals surface area contributed by atoms with Gasteiger partial charge in [-0.25, -0.2) is 0 Å². The topological polar surface area (TPSA) is 39.4 Å². The molecule has 46 heavy (non-hydrogen) atoms. The van der Waals surface area contributed by atoms with E-state index in [1.54, 1.807) is 0 Å². The van der Waals surface area contributed by atoms with Crippen LogP contribution in [-0.2, 0) is 6.42 Å². The molecular formula is C43H24O3. The molecule has 0 radical (unpaired) electrons. The standard InChI is InChI=1S/C43H24O3/c1-3-10-36-31(8-1)41-35-23-28-13-12-26(21-33(28)29(35)15-18-39(41)44-36)24-6-5-7-25(20-24)27-14-17-38-34(22-27)30-16-19-40-42(43(30)46-38)32-9-2-4-11-37(32)45-40/h1-22H,23H2. The van der Waals surface area contributed by atoms with Crippen LogP contribution in [-0.4, -0.2) is 0 Å². The highest BCUT2D eigenvalue weighted by molar-refractivity contribution is 6.22. The van der Waals surface area contributed by atoms with E-state index >= 15 is 0 Å². The van der Waals surface area contributed by atoms with Crippen molar-refractivity contribution < 1.29 is 13.3 Å². The van der Waals surface area contributed by atoms with Gasteiger partial charge in [0.15, 0.2) is 0 Å². The van der Waals surface area contributed by atoms with Crippen LogP contribution in [0, 0.1) is 0 Å². The average Bonchev–Trinajstić information content (AvgIpc) is 3.86. The quantitative estimate of drug-likeness (QED) is 0.202. The molecule has 3 nitrogen and oxygen atoms in total. The normalized spacial score (nSPS) is 12.7. The predicted octanol–water partition coefficient (Wildman–Crippen LogP) is 12.3. The zero-order chi connectivity index (χ0) is 29.9. The summed E-state index contributed by atoms with van der Waals surface area (Å²) in [6, 6.07) is 47.4. The van der Waals surface area contributed by atoms with Crippen LogP contribution in [0.3, 0.4) is 0 Å². The van der Waals surface area contributed by atoms with Crippen LogP contribution >= 0.6 is 0 Å². The molecule has 1 aliphatic rings. The third-order valence-corrected chi connectivity index (χ3v) is 9.93. The van der Waals surface area contributed by atoms with Gasteiger partial charge in [-0.2, -0.15) is 0 Å². The van der Waals surface area contributed by atoms with Gasteiger partial charge in [-0.1, -0.05) is 78.9 Å². The highest BCUT2D eigenvalue weighted by atomic mass is 16.3. The highest BCUT2D eigenvalue weighted by Crippen LogP contribution is 2.45. The third-order valence-electron chi connectivity index (χ3n) is 9.93. The summed E-state index contributed by atoms with van der Waals surface area (Å²) in [6.45, 7) is 0. The molecule has 0 saturated heterocycles. The van der Waals surface area contributed by atoms with Crippen LogP contribution < -0.4 is 0 Å². The smallest absolute Gasteiger partial charge is 0.147 e. The SMILES string of the molecule is c1cc(-c2ccc3c(c2)-c2ccc4oc5ccccc5c4c2C3)cc(-c2ccc3oc4c(ccc5oc6ccccc6c54)c3c2)c1. The van der Waals surface area contributed by atoms with Gasteiger partial charge in [-0.3, -0.25) is 0 Å². The van der Waals surface area contributed by atoms with E-state index in [4.69, 9.17) is 13.3 Å². The summed E-state index contributed by atoms with van der Waals surface area (Å²) < 4.78 is 18.8. The molecule has 3 aromatic heterocycles. The van der Waals surface area contributed by atoms with Crippen molar-refractivity contribution in [2.45, 2.75) is 6.42 Å². The monoisotopic (exact) mass is 588 g/mol. The van der Waals surface area contributed by atoms with E-state index in [-0.39, 0.29) is 0 Å². The second kappa shape index (κ2) is 8.77. The summed E-state index contributed by atoms with van der Waals surface area (Å²) >= 11 is 0. The Hall–Kier alpha value is -6.06. The molecule has 0 bridgehead atoms. The number of rotatable bonds is 2. The van der Waals surface area contributed by atoms with Crippen molar-refractivity contribution >= 4 is 65.8 Å². The lowest BCUT2D eigenvalue weighted by molar-refractivity contribution is 0.663. The molecule has 3 heterocycles. The summed E-state index contributed by atoms with van der Waals surface area (Å²) in [5.74, 6) is 0. The van der Waals surface area contributed by atoms with Gasteiger partial charge >= 0.3 is 0 Å². The van der Waals surface area contributed by atoms with E-state index in [2.05, 4.69) is 109 Å². The second-order valence-electron chi connectivity index (χ2n) is 12.4. The number of furan rings is 3.